The van der Waals surface area contributed by atoms with E-state index >= 15 is 0 Å². The maximum atomic E-state index is 6.01. The van der Waals surface area contributed by atoms with Crippen LogP contribution in [0.4, 0.5) is 0 Å². The molecule has 3 rings (SSSR count). The molecule has 1 N–H and O–H groups in total. The van der Waals surface area contributed by atoms with E-state index in [2.05, 4.69) is 44.4 Å². The molecule has 8 heteroatoms. The van der Waals surface area contributed by atoms with Crippen LogP contribution in [0.25, 0.3) is 0 Å². The van der Waals surface area contributed by atoms with Crippen LogP contribution in [-0.4, -0.2) is 89.1 Å². The third-order valence-corrected chi connectivity index (χ3v) is 6.34. The summed E-state index contributed by atoms with van der Waals surface area (Å²) in [4.78, 5) is 9.53. The van der Waals surface area contributed by atoms with Crippen molar-refractivity contribution in [1.82, 2.24) is 15.1 Å². The summed E-state index contributed by atoms with van der Waals surface area (Å²) in [6, 6.07) is 8.85. The number of nitrogens with zero attached hydrogens (tertiary/aromatic N) is 3. The van der Waals surface area contributed by atoms with Crippen molar-refractivity contribution in [3.8, 4) is 5.75 Å². The number of benzene rings is 1. The smallest absolute Gasteiger partial charge is 0.193 e. The van der Waals surface area contributed by atoms with E-state index < -0.39 is 0 Å². The summed E-state index contributed by atoms with van der Waals surface area (Å²) in [6.07, 6.45) is 5.95. The Morgan fingerprint density at radius 1 is 1.06 bits per heavy atom. The first-order valence-corrected chi connectivity index (χ1v) is 11.7. The largest absolute Gasteiger partial charge is 0.497 e. The first-order chi connectivity index (χ1) is 15.2. The van der Waals surface area contributed by atoms with Gasteiger partial charge in [0.2, 0.25) is 0 Å². The molecule has 2 saturated heterocycles. The van der Waals surface area contributed by atoms with E-state index in [0.717, 1.165) is 76.9 Å². The summed E-state index contributed by atoms with van der Waals surface area (Å²) in [7, 11) is 5.33. The Labute approximate surface area is 210 Å². The molecule has 7 nitrogen and oxygen atoms in total. The second kappa shape index (κ2) is 14.9. The molecule has 2 fully saturated rings. The van der Waals surface area contributed by atoms with Gasteiger partial charge in [0.1, 0.15) is 5.75 Å². The molecule has 1 aromatic carbocycles. The third-order valence-electron chi connectivity index (χ3n) is 6.34. The molecule has 0 spiro atoms. The van der Waals surface area contributed by atoms with Gasteiger partial charge in [0.15, 0.2) is 5.96 Å². The highest BCUT2D eigenvalue weighted by molar-refractivity contribution is 14.0. The van der Waals surface area contributed by atoms with Crippen molar-refractivity contribution in [1.29, 1.82) is 0 Å². The highest BCUT2D eigenvalue weighted by atomic mass is 127. The average Bonchev–Trinajstić information content (AvgIpc) is 3.35. The Morgan fingerprint density at radius 2 is 1.75 bits per heavy atom. The number of piperidine rings is 1. The molecule has 32 heavy (non-hydrogen) atoms. The Bertz CT molecular complexity index is 660. The number of likely N-dealkylation sites (tertiary alicyclic amines) is 2. The zero-order valence-electron chi connectivity index (χ0n) is 19.9. The standard InChI is InChI=1S/C24H40N4O3.HI/c1-25-24(28-15-11-22(12-16-28)31-18-6-17-29-2)26-19-23(27-13-4-5-14-27)20-7-9-21(30-3)10-8-20;/h7-10,22-23H,4-6,11-19H2,1-3H3,(H,25,26);1H. The van der Waals surface area contributed by atoms with Crippen molar-refractivity contribution >= 4 is 29.9 Å². The number of guanidine groups is 1. The number of methoxy groups -OCH3 is 2. The van der Waals surface area contributed by atoms with Crippen molar-refractivity contribution in [2.75, 3.05) is 67.2 Å². The lowest BCUT2D eigenvalue weighted by atomic mass is 10.1. The van der Waals surface area contributed by atoms with Gasteiger partial charge < -0.3 is 24.4 Å². The van der Waals surface area contributed by atoms with Crippen LogP contribution in [0.3, 0.4) is 0 Å². The maximum Gasteiger partial charge on any atom is 0.193 e. The lowest BCUT2D eigenvalue weighted by Gasteiger charge is -2.35. The molecule has 182 valence electrons. The fourth-order valence-corrected chi connectivity index (χ4v) is 4.54. The number of halogens is 1. The molecule has 0 aromatic heterocycles. The minimum absolute atomic E-state index is 0. The van der Waals surface area contributed by atoms with Crippen LogP contribution in [0.15, 0.2) is 29.3 Å². The molecule has 0 bridgehead atoms. The molecule has 0 amide bonds. The lowest BCUT2D eigenvalue weighted by molar-refractivity contribution is 0.00986. The number of ether oxygens (including phenoxy) is 3. The lowest BCUT2D eigenvalue weighted by Crippen LogP contribution is -2.49. The molecule has 0 radical (unpaired) electrons. The quantitative estimate of drug-likeness (QED) is 0.205. The van der Waals surface area contributed by atoms with Crippen LogP contribution in [0.5, 0.6) is 5.75 Å². The van der Waals surface area contributed by atoms with Crippen LogP contribution in [0.2, 0.25) is 0 Å². The molecular formula is C24H41IN4O3. The van der Waals surface area contributed by atoms with E-state index in [1.165, 1.54) is 18.4 Å². The van der Waals surface area contributed by atoms with Gasteiger partial charge in [0.05, 0.1) is 19.3 Å². The Balaban J connectivity index is 0.00000363. The molecule has 2 heterocycles. The zero-order valence-corrected chi connectivity index (χ0v) is 22.3. The van der Waals surface area contributed by atoms with Crippen LogP contribution >= 0.6 is 24.0 Å². The van der Waals surface area contributed by atoms with Gasteiger partial charge in [-0.25, -0.2) is 0 Å². The SMILES string of the molecule is CN=C(NCC(c1ccc(OC)cc1)N1CCCC1)N1CCC(OCCCOC)CC1.I. The summed E-state index contributed by atoms with van der Waals surface area (Å²) in [5.74, 6) is 1.90. The average molecular weight is 561 g/mol. The molecule has 2 aliphatic rings. The van der Waals surface area contributed by atoms with E-state index in [9.17, 15) is 0 Å². The van der Waals surface area contributed by atoms with Crippen molar-refractivity contribution in [2.45, 2.75) is 44.2 Å². The van der Waals surface area contributed by atoms with Gasteiger partial charge in [-0.05, 0) is 62.9 Å². The highest BCUT2D eigenvalue weighted by Crippen LogP contribution is 2.26. The van der Waals surface area contributed by atoms with Gasteiger partial charge >= 0.3 is 0 Å². The van der Waals surface area contributed by atoms with Gasteiger partial charge in [0, 0.05) is 47.0 Å². The van der Waals surface area contributed by atoms with Gasteiger partial charge in [-0.1, -0.05) is 12.1 Å². The molecule has 1 aromatic rings. The normalized spacial score (nSPS) is 19.0. The van der Waals surface area contributed by atoms with Crippen LogP contribution in [0, 0.1) is 0 Å². The summed E-state index contributed by atoms with van der Waals surface area (Å²) < 4.78 is 16.4. The number of hydrogen-bond acceptors (Lipinski definition) is 5. The monoisotopic (exact) mass is 560 g/mol. The van der Waals surface area contributed by atoms with Gasteiger partial charge in [-0.15, -0.1) is 24.0 Å². The van der Waals surface area contributed by atoms with E-state index in [0.29, 0.717) is 12.1 Å². The fraction of sp³-hybridized carbons (Fsp3) is 0.708. The highest BCUT2D eigenvalue weighted by Gasteiger charge is 2.26. The van der Waals surface area contributed by atoms with Crippen LogP contribution < -0.4 is 10.1 Å². The number of hydrogen-bond donors (Lipinski definition) is 1. The Morgan fingerprint density at radius 3 is 2.34 bits per heavy atom. The topological polar surface area (TPSA) is 58.6 Å². The molecule has 1 unspecified atom stereocenters. The maximum absolute atomic E-state index is 6.01. The third kappa shape index (κ3) is 8.04. The molecule has 0 aliphatic carbocycles. The molecule has 0 saturated carbocycles. The van der Waals surface area contributed by atoms with Gasteiger partial charge in [0.25, 0.3) is 0 Å². The first-order valence-electron chi connectivity index (χ1n) is 11.7. The second-order valence-corrected chi connectivity index (χ2v) is 8.36. The van der Waals surface area contributed by atoms with Crippen molar-refractivity contribution in [3.05, 3.63) is 29.8 Å². The van der Waals surface area contributed by atoms with Crippen LogP contribution in [-0.2, 0) is 9.47 Å². The first kappa shape index (κ1) is 27.1. The van der Waals surface area contributed by atoms with Gasteiger partial charge in [-0.2, -0.15) is 0 Å². The number of nitrogens with one attached hydrogen (secondary N) is 1. The van der Waals surface area contributed by atoms with E-state index in [4.69, 9.17) is 14.2 Å². The molecule has 2 aliphatic heterocycles. The number of aliphatic imine (C=N–C) groups is 1. The summed E-state index contributed by atoms with van der Waals surface area (Å²) in [6.45, 7) is 6.67. The van der Waals surface area contributed by atoms with E-state index in [-0.39, 0.29) is 24.0 Å². The minimum Gasteiger partial charge on any atom is -0.497 e. The molecule has 1 atom stereocenters. The van der Waals surface area contributed by atoms with Crippen molar-refractivity contribution < 1.29 is 14.2 Å². The van der Waals surface area contributed by atoms with E-state index in [1.54, 1.807) is 14.2 Å². The van der Waals surface area contributed by atoms with E-state index in [1.807, 2.05) is 7.05 Å². The van der Waals surface area contributed by atoms with Crippen LogP contribution in [0.1, 0.15) is 43.7 Å². The fourth-order valence-electron chi connectivity index (χ4n) is 4.54. The summed E-state index contributed by atoms with van der Waals surface area (Å²) in [5.41, 5.74) is 1.33. The number of rotatable bonds is 10. The predicted octanol–water partition coefficient (Wildman–Crippen LogP) is 3.54. The Hall–Kier alpha value is -1.10. The molecular weight excluding hydrogens is 519 g/mol. The summed E-state index contributed by atoms with van der Waals surface area (Å²) in [5, 5.41) is 3.66. The van der Waals surface area contributed by atoms with Crippen molar-refractivity contribution in [2.24, 2.45) is 4.99 Å². The predicted molar refractivity (Wildman–Crippen MR) is 140 cm³/mol. The second-order valence-electron chi connectivity index (χ2n) is 8.36. The zero-order chi connectivity index (χ0) is 21.9. The van der Waals surface area contributed by atoms with Crippen molar-refractivity contribution in [3.63, 3.8) is 0 Å². The van der Waals surface area contributed by atoms with Gasteiger partial charge in [-0.3, -0.25) is 9.89 Å². The minimum atomic E-state index is 0. The summed E-state index contributed by atoms with van der Waals surface area (Å²) >= 11 is 0. The Kier molecular flexibility index (Phi) is 12.7.